The number of primary amides is 1. The third kappa shape index (κ3) is 6.34. The van der Waals surface area contributed by atoms with Crippen molar-refractivity contribution in [2.75, 3.05) is 13.2 Å². The van der Waals surface area contributed by atoms with Gasteiger partial charge in [0.05, 0.1) is 19.5 Å². The topological polar surface area (TPSA) is 297 Å². The van der Waals surface area contributed by atoms with Crippen molar-refractivity contribution in [2.24, 2.45) is 5.73 Å². The number of aliphatic hydroxyl groups is 4. The van der Waals surface area contributed by atoms with Gasteiger partial charge in [-0.15, -0.1) is 0 Å². The number of carbonyl (C=O) groups is 1. The van der Waals surface area contributed by atoms with Crippen LogP contribution in [0.2, 0.25) is 0 Å². The van der Waals surface area contributed by atoms with Gasteiger partial charge in [0.15, 0.2) is 41.5 Å². The van der Waals surface area contributed by atoms with Crippen molar-refractivity contribution in [3.63, 3.8) is 0 Å². The molecule has 4 aromatic heterocycles. The minimum atomic E-state index is -5.37. The lowest BCUT2D eigenvalue weighted by molar-refractivity contribution is -0.765. The SMILES string of the molecule is NC(=O)c1ccc[n+]([C@@H]2O[C@H](COP(=O)(O)OP(=O)(O)OC[C@H]3O[C@@H](n4cnc5c4ncn4ccnc54)[C@@H](O)C3O)[C@H](O)C2O)c1. The molecule has 10 atom stereocenters. The Kier molecular flexibility index (Phi) is 8.80. The summed E-state index contributed by atoms with van der Waals surface area (Å²) in [4.78, 5) is 44.3. The van der Waals surface area contributed by atoms with Crippen molar-refractivity contribution in [1.29, 1.82) is 0 Å². The van der Waals surface area contributed by atoms with Gasteiger partial charge in [0.1, 0.15) is 42.4 Å². The number of aromatic nitrogens is 6. The number of aliphatic hydroxyl groups excluding tert-OH is 4. The Morgan fingerprint density at radius 3 is 2.30 bits per heavy atom. The number of rotatable bonds is 11. The summed E-state index contributed by atoms with van der Waals surface area (Å²) in [6.45, 7) is -1.78. The van der Waals surface area contributed by atoms with Crippen LogP contribution in [0.25, 0.3) is 16.8 Å². The fourth-order valence-corrected chi connectivity index (χ4v) is 7.14. The van der Waals surface area contributed by atoms with E-state index in [1.807, 2.05) is 0 Å². The number of phosphoric ester groups is 2. The Labute approximate surface area is 257 Å². The summed E-state index contributed by atoms with van der Waals surface area (Å²) in [5, 5.41) is 41.9. The van der Waals surface area contributed by atoms with Gasteiger partial charge in [0.25, 0.3) is 12.1 Å². The first-order valence-corrected chi connectivity index (χ1v) is 16.4. The van der Waals surface area contributed by atoms with Gasteiger partial charge in [0.2, 0.25) is 0 Å². The van der Waals surface area contributed by atoms with Crippen molar-refractivity contribution in [3.05, 3.63) is 55.1 Å². The number of imidazole rings is 2. The number of nitrogens with zero attached hydrogens (tertiary/aromatic N) is 6. The molecule has 0 saturated carbocycles. The molecule has 4 unspecified atom stereocenters. The third-order valence-corrected chi connectivity index (χ3v) is 9.91. The van der Waals surface area contributed by atoms with E-state index < -0.39 is 83.8 Å². The fourth-order valence-electron chi connectivity index (χ4n) is 5.05. The number of hydrogen-bond donors (Lipinski definition) is 7. The zero-order valence-corrected chi connectivity index (χ0v) is 25.0. The molecule has 2 aliphatic heterocycles. The number of phosphoric acid groups is 2. The summed E-state index contributed by atoms with van der Waals surface area (Å²) in [6.07, 6.45) is -3.16. The van der Waals surface area contributed by atoms with E-state index in [9.17, 15) is 44.1 Å². The van der Waals surface area contributed by atoms with Gasteiger partial charge in [0, 0.05) is 18.5 Å². The Morgan fingerprint density at radius 1 is 0.935 bits per heavy atom. The van der Waals surface area contributed by atoms with Gasteiger partial charge in [-0.05, 0) is 6.07 Å². The molecule has 248 valence electrons. The van der Waals surface area contributed by atoms with E-state index in [1.54, 1.807) is 16.8 Å². The predicted octanol–water partition coefficient (Wildman–Crippen LogP) is -2.35. The molecule has 0 aliphatic carbocycles. The first kappa shape index (κ1) is 32.7. The fraction of sp³-hybridized carbons (Fsp3) is 0.435. The quantitative estimate of drug-likeness (QED) is 0.0641. The molecule has 2 fully saturated rings. The zero-order chi connectivity index (χ0) is 33.0. The molecule has 1 amide bonds. The minimum absolute atomic E-state index is 0.0726. The number of amides is 1. The van der Waals surface area contributed by atoms with Gasteiger partial charge < -0.3 is 45.4 Å². The highest BCUT2D eigenvalue weighted by atomic mass is 31.3. The lowest BCUT2D eigenvalue weighted by Crippen LogP contribution is -2.46. The summed E-state index contributed by atoms with van der Waals surface area (Å²) >= 11 is 0. The van der Waals surface area contributed by atoms with Crippen LogP contribution in [0.3, 0.4) is 0 Å². The van der Waals surface area contributed by atoms with Crippen LogP contribution in [-0.2, 0) is 32.0 Å². The molecule has 2 saturated heterocycles. The van der Waals surface area contributed by atoms with E-state index in [1.165, 1.54) is 46.3 Å². The maximum Gasteiger partial charge on any atom is 0.481 e. The molecule has 0 aromatic carbocycles. The molecule has 8 N–H and O–H groups in total. The van der Waals surface area contributed by atoms with Crippen molar-refractivity contribution < 1.29 is 71.5 Å². The molecule has 2 aliphatic rings. The number of hydrogen-bond acceptors (Lipinski definition) is 15. The van der Waals surface area contributed by atoms with E-state index in [0.29, 0.717) is 11.2 Å². The van der Waals surface area contributed by atoms with E-state index >= 15 is 0 Å². The van der Waals surface area contributed by atoms with Crippen molar-refractivity contribution in [1.82, 2.24) is 23.9 Å². The van der Waals surface area contributed by atoms with Crippen molar-refractivity contribution in [2.45, 2.75) is 49.1 Å². The molecule has 0 spiro atoms. The second-order valence-electron chi connectivity index (χ2n) is 10.3. The van der Waals surface area contributed by atoms with E-state index in [2.05, 4.69) is 19.3 Å². The van der Waals surface area contributed by atoms with E-state index in [0.717, 1.165) is 0 Å². The van der Waals surface area contributed by atoms with Gasteiger partial charge in [-0.2, -0.15) is 8.88 Å². The Morgan fingerprint density at radius 2 is 1.61 bits per heavy atom. The summed E-state index contributed by atoms with van der Waals surface area (Å²) in [7, 11) is -10.7. The van der Waals surface area contributed by atoms with Crippen LogP contribution >= 0.6 is 15.6 Å². The zero-order valence-electron chi connectivity index (χ0n) is 23.3. The number of fused-ring (bicyclic) bond motifs is 3. The lowest BCUT2D eigenvalue weighted by Gasteiger charge is -2.20. The number of carbonyl (C=O) groups excluding carboxylic acids is 1. The normalized spacial score (nSPS) is 30.9. The summed E-state index contributed by atoms with van der Waals surface area (Å²) < 4.78 is 54.1. The molecule has 0 radical (unpaired) electrons. The summed E-state index contributed by atoms with van der Waals surface area (Å²) in [5.74, 6) is -0.762. The number of nitrogens with two attached hydrogens (primary N) is 1. The predicted molar refractivity (Wildman–Crippen MR) is 146 cm³/mol. The second kappa shape index (κ2) is 12.4. The highest BCUT2D eigenvalue weighted by Crippen LogP contribution is 2.60. The van der Waals surface area contributed by atoms with Crippen LogP contribution in [0.1, 0.15) is 22.8 Å². The maximum atomic E-state index is 12.5. The van der Waals surface area contributed by atoms with E-state index in [4.69, 9.17) is 24.3 Å². The first-order valence-electron chi connectivity index (χ1n) is 13.4. The largest absolute Gasteiger partial charge is 0.481 e. The van der Waals surface area contributed by atoms with Crippen LogP contribution in [-0.4, -0.2) is 110 Å². The van der Waals surface area contributed by atoms with Gasteiger partial charge in [-0.1, -0.05) is 0 Å². The van der Waals surface area contributed by atoms with Gasteiger partial charge >= 0.3 is 15.6 Å². The lowest BCUT2D eigenvalue weighted by atomic mass is 10.1. The molecule has 21 nitrogen and oxygen atoms in total. The molecule has 4 aromatic rings. The molecule has 6 rings (SSSR count). The molecular formula is C23H28N7O14P2+. The second-order valence-corrected chi connectivity index (χ2v) is 13.4. The van der Waals surface area contributed by atoms with Gasteiger partial charge in [-0.25, -0.2) is 24.1 Å². The maximum absolute atomic E-state index is 12.5. The Balaban J connectivity index is 1.04. The van der Waals surface area contributed by atoms with Crippen LogP contribution < -0.4 is 10.3 Å². The Bertz CT molecular complexity index is 1860. The first-order chi connectivity index (χ1) is 21.7. The highest BCUT2D eigenvalue weighted by molar-refractivity contribution is 7.61. The van der Waals surface area contributed by atoms with Crippen LogP contribution in [0.5, 0.6) is 0 Å². The molecule has 23 heteroatoms. The number of ether oxygens (including phenoxy) is 2. The molecule has 6 heterocycles. The van der Waals surface area contributed by atoms with Crippen LogP contribution in [0.4, 0.5) is 0 Å². The average Bonchev–Trinajstić information content (AvgIpc) is 3.77. The average molecular weight is 688 g/mol. The number of pyridine rings is 1. The smallest absolute Gasteiger partial charge is 0.387 e. The van der Waals surface area contributed by atoms with Crippen LogP contribution in [0, 0.1) is 0 Å². The monoisotopic (exact) mass is 688 g/mol. The molecular weight excluding hydrogens is 660 g/mol. The standard InChI is InChI=1S/C23H27N7O14P2/c24-19(35)11-2-1-4-28(6-11)22-17(33)15(31)12(42-22)7-40-45(36,37)44-46(38,39)41-8-13-16(32)18(34)23(43-13)30-10-26-14-20-25-3-5-29(20)9-27-21(14)30/h1-6,9-10,12-13,15-18,22-23,31-34H,7-8H2,(H3-,24,35,36,37,38,39)/p+1/t12-,13-,15+,16?,17?,18+,22-,23-/m1/s1. The summed E-state index contributed by atoms with van der Waals surface area (Å²) in [5.41, 5.74) is 6.44. The highest BCUT2D eigenvalue weighted by Gasteiger charge is 2.50. The van der Waals surface area contributed by atoms with Crippen molar-refractivity contribution in [3.8, 4) is 0 Å². The Hall–Kier alpha value is -3.27. The molecule has 0 bridgehead atoms. The third-order valence-electron chi connectivity index (χ3n) is 7.31. The summed E-state index contributed by atoms with van der Waals surface area (Å²) in [6, 6.07) is 2.84. The van der Waals surface area contributed by atoms with Crippen LogP contribution in [0.15, 0.2) is 49.6 Å². The van der Waals surface area contributed by atoms with Crippen molar-refractivity contribution >= 4 is 38.4 Å². The minimum Gasteiger partial charge on any atom is -0.387 e. The molecule has 46 heavy (non-hydrogen) atoms. The van der Waals surface area contributed by atoms with E-state index in [-0.39, 0.29) is 11.2 Å². The van der Waals surface area contributed by atoms with Gasteiger partial charge in [-0.3, -0.25) is 22.8 Å².